The molecule has 2 atom stereocenters. The number of piperidine rings is 1. The Morgan fingerprint density at radius 2 is 1.88 bits per heavy atom. The molecule has 1 aliphatic carbocycles. The maximum atomic E-state index is 13.1. The van der Waals surface area contributed by atoms with E-state index in [0.717, 1.165) is 25.7 Å². The van der Waals surface area contributed by atoms with Crippen LogP contribution < -0.4 is 0 Å². The molecule has 0 aromatic heterocycles. The fourth-order valence-electron chi connectivity index (χ4n) is 4.28. The zero-order valence-electron chi connectivity index (χ0n) is 14.7. The number of hydrogen-bond donors (Lipinski definition) is 1. The fraction of sp³-hybridized carbons (Fsp3) is 0.579. The van der Waals surface area contributed by atoms with Crippen LogP contribution in [0.15, 0.2) is 29.2 Å². The van der Waals surface area contributed by atoms with Gasteiger partial charge in [0.15, 0.2) is 5.69 Å². The van der Waals surface area contributed by atoms with Gasteiger partial charge in [0.05, 0.1) is 17.4 Å². The number of carboxylic acids is 1. The Morgan fingerprint density at radius 3 is 2.54 bits per heavy atom. The highest BCUT2D eigenvalue weighted by Crippen LogP contribution is 2.38. The standard InChI is InChI=1S/C19H24N2O4S/c1-20-17-8-5-9-18(11-17)26(24,25)21-12-15(10-16(13-21)19(22)23)14-6-3-2-4-7-14/h5,8-9,11,14-16H,2-4,6-7,10,12-13H2,(H,22,23)/t15-,16+/m1/s1. The minimum Gasteiger partial charge on any atom is -0.481 e. The molecule has 1 saturated carbocycles. The molecular formula is C19H24N2O4S. The Hall–Kier alpha value is -1.91. The van der Waals surface area contributed by atoms with Crippen LogP contribution >= 0.6 is 0 Å². The lowest BCUT2D eigenvalue weighted by Gasteiger charge is -2.40. The van der Waals surface area contributed by atoms with Crippen LogP contribution in [0, 0.1) is 24.3 Å². The van der Waals surface area contributed by atoms with Gasteiger partial charge in [0.2, 0.25) is 10.0 Å². The van der Waals surface area contributed by atoms with Gasteiger partial charge in [-0.15, -0.1) is 0 Å². The summed E-state index contributed by atoms with van der Waals surface area (Å²) in [4.78, 5) is 15.0. The average molecular weight is 376 g/mol. The van der Waals surface area contributed by atoms with Gasteiger partial charge in [-0.25, -0.2) is 13.3 Å². The first-order valence-electron chi connectivity index (χ1n) is 9.12. The van der Waals surface area contributed by atoms with Crippen molar-refractivity contribution in [2.75, 3.05) is 13.1 Å². The van der Waals surface area contributed by atoms with Gasteiger partial charge in [0.25, 0.3) is 0 Å². The molecule has 1 heterocycles. The third-order valence-electron chi connectivity index (χ3n) is 5.70. The molecule has 1 aliphatic heterocycles. The highest BCUT2D eigenvalue weighted by molar-refractivity contribution is 7.89. The van der Waals surface area contributed by atoms with Crippen molar-refractivity contribution in [1.29, 1.82) is 0 Å². The zero-order chi connectivity index (χ0) is 18.7. The van der Waals surface area contributed by atoms with Crippen LogP contribution in [0.3, 0.4) is 0 Å². The van der Waals surface area contributed by atoms with E-state index in [9.17, 15) is 18.3 Å². The molecule has 1 saturated heterocycles. The first-order chi connectivity index (χ1) is 12.4. The van der Waals surface area contributed by atoms with Crippen molar-refractivity contribution >= 4 is 21.7 Å². The molecule has 2 fully saturated rings. The minimum atomic E-state index is -3.81. The Labute approximate surface area is 154 Å². The van der Waals surface area contributed by atoms with Crippen molar-refractivity contribution in [3.05, 3.63) is 35.7 Å². The molecule has 1 aromatic carbocycles. The van der Waals surface area contributed by atoms with Gasteiger partial charge in [-0.3, -0.25) is 4.79 Å². The second-order valence-electron chi connectivity index (χ2n) is 7.36. The van der Waals surface area contributed by atoms with E-state index in [1.165, 1.54) is 22.9 Å². The average Bonchev–Trinajstić information content (AvgIpc) is 2.68. The Kier molecular flexibility index (Phi) is 5.64. The summed E-state index contributed by atoms with van der Waals surface area (Å²) in [5.41, 5.74) is 0.265. The Morgan fingerprint density at radius 1 is 1.15 bits per heavy atom. The predicted octanol–water partition coefficient (Wildman–Crippen LogP) is 3.53. The van der Waals surface area contributed by atoms with E-state index in [2.05, 4.69) is 4.85 Å². The van der Waals surface area contributed by atoms with Crippen molar-refractivity contribution in [3.8, 4) is 0 Å². The number of benzene rings is 1. The number of nitrogens with zero attached hydrogens (tertiary/aromatic N) is 2. The zero-order valence-corrected chi connectivity index (χ0v) is 15.5. The summed E-state index contributed by atoms with van der Waals surface area (Å²) in [5, 5.41) is 9.53. The van der Waals surface area contributed by atoms with Crippen LogP contribution in [0.25, 0.3) is 4.85 Å². The van der Waals surface area contributed by atoms with Gasteiger partial charge in [0.1, 0.15) is 0 Å². The second kappa shape index (κ2) is 7.77. The molecule has 0 amide bonds. The SMILES string of the molecule is [C-]#[N+]c1cccc(S(=O)(=O)N2C[C@@H](C(=O)O)C[C@@H](C3CCCCC3)C2)c1. The van der Waals surface area contributed by atoms with Crippen LogP contribution in [0.5, 0.6) is 0 Å². The quantitative estimate of drug-likeness (QED) is 0.816. The summed E-state index contributed by atoms with van der Waals surface area (Å²) in [5.74, 6) is -1.11. The summed E-state index contributed by atoms with van der Waals surface area (Å²) in [6, 6.07) is 5.96. The number of rotatable bonds is 4. The van der Waals surface area contributed by atoms with Gasteiger partial charge in [0, 0.05) is 13.1 Å². The molecule has 0 spiro atoms. The van der Waals surface area contributed by atoms with E-state index in [-0.39, 0.29) is 23.0 Å². The number of hydrogen-bond acceptors (Lipinski definition) is 3. The van der Waals surface area contributed by atoms with E-state index >= 15 is 0 Å². The summed E-state index contributed by atoms with van der Waals surface area (Å²) >= 11 is 0. The topological polar surface area (TPSA) is 79.0 Å². The lowest BCUT2D eigenvalue weighted by Crippen LogP contribution is -2.48. The second-order valence-corrected chi connectivity index (χ2v) is 9.30. The molecule has 0 unspecified atom stereocenters. The van der Waals surface area contributed by atoms with Crippen molar-refractivity contribution in [3.63, 3.8) is 0 Å². The molecule has 2 aliphatic rings. The van der Waals surface area contributed by atoms with E-state index in [1.807, 2.05) is 0 Å². The highest BCUT2D eigenvalue weighted by Gasteiger charge is 2.40. The monoisotopic (exact) mass is 376 g/mol. The maximum absolute atomic E-state index is 13.1. The van der Waals surface area contributed by atoms with Gasteiger partial charge < -0.3 is 5.11 Å². The van der Waals surface area contributed by atoms with Crippen molar-refractivity contribution < 1.29 is 18.3 Å². The van der Waals surface area contributed by atoms with Gasteiger partial charge in [-0.2, -0.15) is 4.31 Å². The van der Waals surface area contributed by atoms with Crippen LogP contribution in [-0.4, -0.2) is 36.9 Å². The Balaban J connectivity index is 1.88. The molecule has 140 valence electrons. The van der Waals surface area contributed by atoms with E-state index < -0.39 is 21.9 Å². The van der Waals surface area contributed by atoms with Crippen LogP contribution in [-0.2, 0) is 14.8 Å². The van der Waals surface area contributed by atoms with Crippen molar-refractivity contribution in [2.24, 2.45) is 17.8 Å². The normalized spacial score (nSPS) is 25.5. The minimum absolute atomic E-state index is 0.00311. The summed E-state index contributed by atoms with van der Waals surface area (Å²) < 4.78 is 27.5. The molecule has 26 heavy (non-hydrogen) atoms. The molecular weight excluding hydrogens is 352 g/mol. The van der Waals surface area contributed by atoms with Crippen LogP contribution in [0.4, 0.5) is 5.69 Å². The summed E-state index contributed by atoms with van der Waals surface area (Å²) in [6.07, 6.45) is 6.14. The molecule has 1 N–H and O–H groups in total. The van der Waals surface area contributed by atoms with Gasteiger partial charge >= 0.3 is 5.97 Å². The third-order valence-corrected chi connectivity index (χ3v) is 7.53. The van der Waals surface area contributed by atoms with Crippen molar-refractivity contribution in [2.45, 2.75) is 43.4 Å². The molecule has 0 bridgehead atoms. The molecule has 0 radical (unpaired) electrons. The fourth-order valence-corrected chi connectivity index (χ4v) is 5.86. The smallest absolute Gasteiger partial charge is 0.307 e. The number of aliphatic carboxylic acids is 1. The van der Waals surface area contributed by atoms with E-state index in [4.69, 9.17) is 6.57 Å². The molecule has 3 rings (SSSR count). The third kappa shape index (κ3) is 3.92. The van der Waals surface area contributed by atoms with E-state index in [1.54, 1.807) is 12.1 Å². The number of carbonyl (C=O) groups is 1. The van der Waals surface area contributed by atoms with Crippen LogP contribution in [0.2, 0.25) is 0 Å². The molecule has 1 aromatic rings. The molecule has 7 heteroatoms. The van der Waals surface area contributed by atoms with Crippen molar-refractivity contribution in [1.82, 2.24) is 4.31 Å². The Bertz CT molecular complexity index is 809. The summed E-state index contributed by atoms with van der Waals surface area (Å²) in [6.45, 7) is 7.46. The van der Waals surface area contributed by atoms with E-state index in [0.29, 0.717) is 18.9 Å². The lowest BCUT2D eigenvalue weighted by molar-refractivity contribution is -0.144. The predicted molar refractivity (Wildman–Crippen MR) is 97.3 cm³/mol. The maximum Gasteiger partial charge on any atom is 0.307 e. The molecule has 6 nitrogen and oxygen atoms in total. The number of carboxylic acid groups (broad SMARTS) is 1. The lowest BCUT2D eigenvalue weighted by atomic mass is 9.75. The first-order valence-corrected chi connectivity index (χ1v) is 10.6. The van der Waals surface area contributed by atoms with Gasteiger partial charge in [-0.05, 0) is 30.4 Å². The first kappa shape index (κ1) is 18.9. The van der Waals surface area contributed by atoms with Gasteiger partial charge in [-0.1, -0.05) is 44.2 Å². The highest BCUT2D eigenvalue weighted by atomic mass is 32.2. The summed E-state index contributed by atoms with van der Waals surface area (Å²) in [7, 11) is -3.81. The largest absolute Gasteiger partial charge is 0.481 e. The number of sulfonamides is 1. The van der Waals surface area contributed by atoms with Crippen LogP contribution in [0.1, 0.15) is 38.5 Å².